The highest BCUT2D eigenvalue weighted by molar-refractivity contribution is 7.92. The standard InChI is InChI=1S/C20H16FN5O3S/c21-15-3-7-17(8-4-15)30(28,29)25-16-5-1-14(2-6-16)13-20(27)24-19-9-11-22-18-10-12-23-26(18)19/h1-12,25H,13H2,(H,24,27). The van der Waals surface area contributed by atoms with Gasteiger partial charge in [-0.1, -0.05) is 12.1 Å². The minimum atomic E-state index is -3.83. The van der Waals surface area contributed by atoms with Crippen LogP contribution in [0.15, 0.2) is 78.0 Å². The summed E-state index contributed by atoms with van der Waals surface area (Å²) in [6.07, 6.45) is 3.26. The Morgan fingerprint density at radius 1 is 0.967 bits per heavy atom. The second-order valence-corrected chi connectivity index (χ2v) is 8.09. The van der Waals surface area contributed by atoms with Gasteiger partial charge in [-0.2, -0.15) is 9.61 Å². The molecule has 0 fully saturated rings. The summed E-state index contributed by atoms with van der Waals surface area (Å²) in [4.78, 5) is 16.4. The lowest BCUT2D eigenvalue weighted by Gasteiger charge is -2.10. The summed E-state index contributed by atoms with van der Waals surface area (Å²) in [5.74, 6) is -0.270. The van der Waals surface area contributed by atoms with Crippen molar-refractivity contribution >= 4 is 33.1 Å². The van der Waals surface area contributed by atoms with Gasteiger partial charge in [0.15, 0.2) is 5.65 Å². The van der Waals surface area contributed by atoms with Crippen LogP contribution in [0.5, 0.6) is 0 Å². The first-order valence-corrected chi connectivity index (χ1v) is 10.3. The number of carbonyl (C=O) groups excluding carboxylic acids is 1. The third kappa shape index (κ3) is 4.28. The van der Waals surface area contributed by atoms with Gasteiger partial charge < -0.3 is 5.32 Å². The van der Waals surface area contributed by atoms with Crippen molar-refractivity contribution in [3.05, 3.63) is 84.4 Å². The number of hydrogen-bond acceptors (Lipinski definition) is 5. The second kappa shape index (κ2) is 7.91. The number of hydrogen-bond donors (Lipinski definition) is 2. The molecule has 4 rings (SSSR count). The molecule has 8 nitrogen and oxygen atoms in total. The lowest BCUT2D eigenvalue weighted by atomic mass is 10.1. The van der Waals surface area contributed by atoms with Gasteiger partial charge in [-0.3, -0.25) is 9.52 Å². The molecule has 152 valence electrons. The summed E-state index contributed by atoms with van der Waals surface area (Å²) in [7, 11) is -3.83. The predicted molar refractivity (Wildman–Crippen MR) is 109 cm³/mol. The number of fused-ring (bicyclic) bond motifs is 1. The van der Waals surface area contributed by atoms with Crippen LogP contribution in [0.4, 0.5) is 15.9 Å². The van der Waals surface area contributed by atoms with E-state index in [-0.39, 0.29) is 17.2 Å². The predicted octanol–water partition coefficient (Wildman–Crippen LogP) is 2.85. The average Bonchev–Trinajstić information content (AvgIpc) is 3.19. The molecule has 0 unspecified atom stereocenters. The van der Waals surface area contributed by atoms with Crippen molar-refractivity contribution in [2.45, 2.75) is 11.3 Å². The maximum atomic E-state index is 13.0. The number of benzene rings is 2. The minimum Gasteiger partial charge on any atom is -0.310 e. The lowest BCUT2D eigenvalue weighted by molar-refractivity contribution is -0.115. The van der Waals surface area contributed by atoms with Crippen molar-refractivity contribution in [2.75, 3.05) is 10.0 Å². The number of nitrogens with zero attached hydrogens (tertiary/aromatic N) is 3. The first-order valence-electron chi connectivity index (χ1n) is 8.87. The Balaban J connectivity index is 1.41. The maximum Gasteiger partial charge on any atom is 0.261 e. The zero-order chi connectivity index (χ0) is 21.1. The van der Waals surface area contributed by atoms with Gasteiger partial charge in [0.05, 0.1) is 17.5 Å². The van der Waals surface area contributed by atoms with Gasteiger partial charge >= 0.3 is 0 Å². The molecule has 2 aromatic carbocycles. The van der Waals surface area contributed by atoms with Gasteiger partial charge in [-0.25, -0.2) is 17.8 Å². The van der Waals surface area contributed by atoms with Gasteiger partial charge in [0.2, 0.25) is 5.91 Å². The van der Waals surface area contributed by atoms with Gasteiger partial charge in [-0.15, -0.1) is 0 Å². The number of carbonyl (C=O) groups is 1. The molecule has 30 heavy (non-hydrogen) atoms. The van der Waals surface area contributed by atoms with E-state index in [4.69, 9.17) is 0 Å². The Labute approximate surface area is 171 Å². The van der Waals surface area contributed by atoms with Crippen LogP contribution in [0.1, 0.15) is 5.56 Å². The van der Waals surface area contributed by atoms with Crippen LogP contribution in [-0.2, 0) is 21.2 Å². The molecule has 0 aliphatic rings. The molecule has 10 heteroatoms. The number of amides is 1. The third-order valence-corrected chi connectivity index (χ3v) is 5.65. The Kier molecular flexibility index (Phi) is 5.15. The van der Waals surface area contributed by atoms with Crippen LogP contribution in [0.3, 0.4) is 0 Å². The van der Waals surface area contributed by atoms with Crippen molar-refractivity contribution < 1.29 is 17.6 Å². The number of sulfonamides is 1. The van der Waals surface area contributed by atoms with Crippen molar-refractivity contribution in [2.24, 2.45) is 0 Å². The highest BCUT2D eigenvalue weighted by atomic mass is 32.2. The second-order valence-electron chi connectivity index (χ2n) is 6.41. The Morgan fingerprint density at radius 3 is 2.43 bits per heavy atom. The molecule has 0 aliphatic heterocycles. The van der Waals surface area contributed by atoms with Gasteiger partial charge in [0.1, 0.15) is 11.6 Å². The van der Waals surface area contributed by atoms with Gasteiger partial charge in [-0.05, 0) is 48.0 Å². The lowest BCUT2D eigenvalue weighted by Crippen LogP contribution is -2.17. The molecule has 0 aliphatic carbocycles. The van der Waals surface area contributed by atoms with Crippen LogP contribution in [0, 0.1) is 5.82 Å². The quantitative estimate of drug-likeness (QED) is 0.494. The summed E-state index contributed by atoms with van der Waals surface area (Å²) in [6, 6.07) is 14.3. The Morgan fingerprint density at radius 2 is 1.70 bits per heavy atom. The zero-order valence-electron chi connectivity index (χ0n) is 15.5. The van der Waals surface area contributed by atoms with Crippen molar-refractivity contribution in [1.82, 2.24) is 14.6 Å². The minimum absolute atomic E-state index is 0.0466. The van der Waals surface area contributed by atoms with Crippen LogP contribution in [0.2, 0.25) is 0 Å². The molecule has 2 heterocycles. The largest absolute Gasteiger partial charge is 0.310 e. The summed E-state index contributed by atoms with van der Waals surface area (Å²) < 4.78 is 41.6. The smallest absolute Gasteiger partial charge is 0.261 e. The first kappa shape index (κ1) is 19.5. The molecule has 0 radical (unpaired) electrons. The van der Waals surface area contributed by atoms with Gasteiger partial charge in [0, 0.05) is 18.0 Å². The zero-order valence-corrected chi connectivity index (χ0v) is 16.3. The molecule has 1 amide bonds. The molecule has 4 aromatic rings. The van der Waals surface area contributed by atoms with E-state index < -0.39 is 15.8 Å². The summed E-state index contributed by atoms with van der Waals surface area (Å²) in [5.41, 5.74) is 1.64. The van der Waals surface area contributed by atoms with Crippen LogP contribution < -0.4 is 10.0 Å². The molecular weight excluding hydrogens is 409 g/mol. The number of aromatic nitrogens is 3. The van der Waals surface area contributed by atoms with Crippen LogP contribution in [-0.4, -0.2) is 28.9 Å². The number of halogens is 1. The van der Waals surface area contributed by atoms with E-state index in [1.54, 1.807) is 48.8 Å². The highest BCUT2D eigenvalue weighted by Gasteiger charge is 2.14. The van der Waals surface area contributed by atoms with Crippen molar-refractivity contribution in [3.63, 3.8) is 0 Å². The van der Waals surface area contributed by atoms with E-state index in [0.29, 0.717) is 22.7 Å². The van der Waals surface area contributed by atoms with E-state index in [2.05, 4.69) is 20.1 Å². The molecule has 2 N–H and O–H groups in total. The van der Waals surface area contributed by atoms with E-state index in [1.807, 2.05) is 0 Å². The molecule has 0 atom stereocenters. The molecule has 0 spiro atoms. The van der Waals surface area contributed by atoms with Crippen LogP contribution >= 0.6 is 0 Å². The number of rotatable bonds is 6. The fraction of sp³-hybridized carbons (Fsp3) is 0.0500. The fourth-order valence-electron chi connectivity index (χ4n) is 2.82. The third-order valence-electron chi connectivity index (χ3n) is 4.25. The van der Waals surface area contributed by atoms with Crippen molar-refractivity contribution in [3.8, 4) is 0 Å². The molecule has 0 bridgehead atoms. The fourth-order valence-corrected chi connectivity index (χ4v) is 3.88. The van der Waals surface area contributed by atoms with Gasteiger partial charge in [0.25, 0.3) is 10.0 Å². The van der Waals surface area contributed by atoms with E-state index in [9.17, 15) is 17.6 Å². The summed E-state index contributed by atoms with van der Waals surface area (Å²) in [5, 5.41) is 6.89. The first-order chi connectivity index (χ1) is 14.4. The van der Waals surface area contributed by atoms with E-state index in [1.165, 1.54) is 16.6 Å². The summed E-state index contributed by atoms with van der Waals surface area (Å²) >= 11 is 0. The number of nitrogens with one attached hydrogen (secondary N) is 2. The topological polar surface area (TPSA) is 105 Å². The Hall–Kier alpha value is -3.79. The molecule has 2 aromatic heterocycles. The molecular formula is C20H16FN5O3S. The van der Waals surface area contributed by atoms with E-state index in [0.717, 1.165) is 12.1 Å². The summed E-state index contributed by atoms with van der Waals surface area (Å²) in [6.45, 7) is 0. The highest BCUT2D eigenvalue weighted by Crippen LogP contribution is 2.18. The van der Waals surface area contributed by atoms with Crippen molar-refractivity contribution in [1.29, 1.82) is 0 Å². The molecule has 0 saturated heterocycles. The monoisotopic (exact) mass is 425 g/mol. The molecule has 0 saturated carbocycles. The average molecular weight is 425 g/mol. The van der Waals surface area contributed by atoms with Crippen LogP contribution in [0.25, 0.3) is 5.65 Å². The number of anilines is 2. The Bertz CT molecular complexity index is 1300. The van der Waals surface area contributed by atoms with E-state index >= 15 is 0 Å². The maximum absolute atomic E-state index is 13.0. The normalized spacial score (nSPS) is 11.4. The SMILES string of the molecule is O=C(Cc1ccc(NS(=O)(=O)c2ccc(F)cc2)cc1)Nc1ccnc2ccnn12.